The molecule has 0 aliphatic heterocycles. The number of carbonyl (C=O) groups excluding carboxylic acids is 1. The van der Waals surface area contributed by atoms with E-state index in [2.05, 4.69) is 5.32 Å². The molecule has 2 nitrogen and oxygen atoms in total. The molecule has 0 unspecified atom stereocenters. The number of benzene rings is 1. The highest BCUT2D eigenvalue weighted by molar-refractivity contribution is 7.14. The molecule has 0 saturated heterocycles. The third kappa shape index (κ3) is 2.71. The van der Waals surface area contributed by atoms with Gasteiger partial charge in [-0.15, -0.1) is 11.3 Å². The van der Waals surface area contributed by atoms with Gasteiger partial charge in [-0.1, -0.05) is 6.07 Å². The van der Waals surface area contributed by atoms with E-state index in [1.807, 2.05) is 19.9 Å². The second-order valence-corrected chi connectivity index (χ2v) is 5.14. The Balaban J connectivity index is 2.21. The maximum absolute atomic E-state index is 13.4. The van der Waals surface area contributed by atoms with Gasteiger partial charge in [0.2, 0.25) is 0 Å². The highest BCUT2D eigenvalue weighted by Crippen LogP contribution is 2.20. The van der Waals surface area contributed by atoms with Crippen LogP contribution < -0.4 is 5.32 Å². The zero-order valence-electron chi connectivity index (χ0n) is 9.58. The summed E-state index contributed by atoms with van der Waals surface area (Å²) in [6, 6.07) is 8.24. The average molecular weight is 249 g/mol. The Bertz CT molecular complexity index is 562. The van der Waals surface area contributed by atoms with Gasteiger partial charge in [0.1, 0.15) is 5.82 Å². The monoisotopic (exact) mass is 249 g/mol. The lowest BCUT2D eigenvalue weighted by Crippen LogP contribution is -2.11. The van der Waals surface area contributed by atoms with E-state index in [4.69, 9.17) is 0 Å². The predicted octanol–water partition coefficient (Wildman–Crippen LogP) is 3.76. The smallest absolute Gasteiger partial charge is 0.265 e. The molecule has 4 heteroatoms. The van der Waals surface area contributed by atoms with E-state index in [0.717, 1.165) is 10.4 Å². The molecule has 1 N–H and O–H groups in total. The Kier molecular flexibility index (Phi) is 3.24. The van der Waals surface area contributed by atoms with Gasteiger partial charge in [-0.05, 0) is 43.7 Å². The van der Waals surface area contributed by atoms with Crippen LogP contribution in [0.15, 0.2) is 30.3 Å². The van der Waals surface area contributed by atoms with E-state index in [1.165, 1.54) is 17.4 Å². The van der Waals surface area contributed by atoms with Crippen molar-refractivity contribution in [2.75, 3.05) is 5.32 Å². The summed E-state index contributed by atoms with van der Waals surface area (Å²) in [5.74, 6) is -0.690. The van der Waals surface area contributed by atoms with Gasteiger partial charge >= 0.3 is 0 Å². The van der Waals surface area contributed by atoms with Crippen molar-refractivity contribution in [2.24, 2.45) is 0 Å². The summed E-state index contributed by atoms with van der Waals surface area (Å²) in [5.41, 5.74) is 1.13. The second-order valence-electron chi connectivity index (χ2n) is 3.85. The van der Waals surface area contributed by atoms with Gasteiger partial charge in [0.25, 0.3) is 5.91 Å². The summed E-state index contributed by atoms with van der Waals surface area (Å²) in [4.78, 5) is 13.5. The fourth-order valence-corrected chi connectivity index (χ4v) is 2.24. The molecule has 2 rings (SSSR count). The Labute approximate surface area is 103 Å². The number of thiophene rings is 1. The summed E-state index contributed by atoms with van der Waals surface area (Å²) in [7, 11) is 0. The van der Waals surface area contributed by atoms with Crippen molar-refractivity contribution < 1.29 is 9.18 Å². The van der Waals surface area contributed by atoms with Gasteiger partial charge in [-0.3, -0.25) is 4.79 Å². The van der Waals surface area contributed by atoms with Crippen LogP contribution in [0.5, 0.6) is 0 Å². The highest BCUT2D eigenvalue weighted by Gasteiger charge is 2.10. The number of amides is 1. The molecule has 1 aromatic carbocycles. The summed E-state index contributed by atoms with van der Waals surface area (Å²) in [6.45, 7) is 3.78. The molecule has 0 spiro atoms. The third-order valence-electron chi connectivity index (χ3n) is 2.33. The standard InChI is InChI=1S/C13H12FNOS/c1-8-3-5-10(14)11(7-8)15-13(16)12-6-4-9(2)17-12/h3-7H,1-2H3,(H,15,16). The zero-order chi connectivity index (χ0) is 12.4. The van der Waals surface area contributed by atoms with Crippen LogP contribution >= 0.6 is 11.3 Å². The molecular weight excluding hydrogens is 237 g/mol. The van der Waals surface area contributed by atoms with Gasteiger partial charge in [0.15, 0.2) is 0 Å². The lowest BCUT2D eigenvalue weighted by molar-refractivity contribution is 0.103. The minimum absolute atomic E-state index is 0.223. The van der Waals surface area contributed by atoms with Crippen LogP contribution in [-0.4, -0.2) is 5.91 Å². The number of nitrogens with one attached hydrogen (secondary N) is 1. The first-order valence-corrected chi connectivity index (χ1v) is 6.02. The zero-order valence-corrected chi connectivity index (χ0v) is 10.4. The molecule has 0 aliphatic carbocycles. The van der Waals surface area contributed by atoms with Crippen molar-refractivity contribution in [1.82, 2.24) is 0 Å². The Hall–Kier alpha value is -1.68. The molecule has 1 aromatic heterocycles. The molecule has 0 radical (unpaired) electrons. The van der Waals surface area contributed by atoms with E-state index < -0.39 is 5.82 Å². The fraction of sp³-hybridized carbons (Fsp3) is 0.154. The van der Waals surface area contributed by atoms with Gasteiger partial charge < -0.3 is 5.32 Å². The molecule has 0 fully saturated rings. The lowest BCUT2D eigenvalue weighted by atomic mass is 10.2. The highest BCUT2D eigenvalue weighted by atomic mass is 32.1. The van der Waals surface area contributed by atoms with Crippen molar-refractivity contribution in [2.45, 2.75) is 13.8 Å². The molecule has 1 amide bonds. The second kappa shape index (κ2) is 4.67. The summed E-state index contributed by atoms with van der Waals surface area (Å²) < 4.78 is 13.4. The lowest BCUT2D eigenvalue weighted by Gasteiger charge is -2.05. The van der Waals surface area contributed by atoms with E-state index in [0.29, 0.717) is 4.88 Å². The van der Waals surface area contributed by atoms with Crippen molar-refractivity contribution >= 4 is 22.9 Å². The third-order valence-corrected chi connectivity index (χ3v) is 3.33. The van der Waals surface area contributed by atoms with Crippen LogP contribution in [0.1, 0.15) is 20.1 Å². The van der Waals surface area contributed by atoms with Crippen molar-refractivity contribution in [3.05, 3.63) is 51.5 Å². The van der Waals surface area contributed by atoms with Crippen molar-refractivity contribution in [3.8, 4) is 0 Å². The summed E-state index contributed by atoms with van der Waals surface area (Å²) >= 11 is 1.39. The topological polar surface area (TPSA) is 29.1 Å². The number of hydrogen-bond acceptors (Lipinski definition) is 2. The maximum atomic E-state index is 13.4. The first kappa shape index (κ1) is 11.8. The van der Waals surface area contributed by atoms with Crippen LogP contribution in [0.3, 0.4) is 0 Å². The Morgan fingerprint density at radius 1 is 1.24 bits per heavy atom. The first-order valence-electron chi connectivity index (χ1n) is 5.20. The largest absolute Gasteiger partial charge is 0.319 e. The number of rotatable bonds is 2. The predicted molar refractivity (Wildman–Crippen MR) is 68.1 cm³/mol. The van der Waals surface area contributed by atoms with Gasteiger partial charge in [0, 0.05) is 4.88 Å². The van der Waals surface area contributed by atoms with Crippen molar-refractivity contribution in [1.29, 1.82) is 0 Å². The number of carbonyl (C=O) groups is 1. The van der Waals surface area contributed by atoms with Crippen LogP contribution in [0, 0.1) is 19.7 Å². The normalized spacial score (nSPS) is 10.3. The summed E-state index contributed by atoms with van der Waals surface area (Å²) in [5, 5.41) is 2.58. The molecule has 88 valence electrons. The van der Waals surface area contributed by atoms with Crippen LogP contribution in [0.4, 0.5) is 10.1 Å². The first-order chi connectivity index (χ1) is 8.06. The molecule has 17 heavy (non-hydrogen) atoms. The number of hydrogen-bond donors (Lipinski definition) is 1. The van der Waals surface area contributed by atoms with Crippen LogP contribution in [0.2, 0.25) is 0 Å². The fourth-order valence-electron chi connectivity index (χ4n) is 1.48. The van der Waals surface area contributed by atoms with Crippen LogP contribution in [-0.2, 0) is 0 Å². The number of halogens is 1. The van der Waals surface area contributed by atoms with E-state index >= 15 is 0 Å². The molecule has 2 aromatic rings. The maximum Gasteiger partial charge on any atom is 0.265 e. The minimum atomic E-state index is -0.419. The Morgan fingerprint density at radius 3 is 2.65 bits per heavy atom. The molecule has 0 aliphatic rings. The number of aryl methyl sites for hydroxylation is 2. The average Bonchev–Trinajstić information content (AvgIpc) is 2.70. The number of anilines is 1. The SMILES string of the molecule is Cc1ccc(F)c(NC(=O)c2ccc(C)s2)c1. The van der Waals surface area contributed by atoms with Gasteiger partial charge in [-0.2, -0.15) is 0 Å². The van der Waals surface area contributed by atoms with Gasteiger partial charge in [0.05, 0.1) is 10.6 Å². The minimum Gasteiger partial charge on any atom is -0.319 e. The quantitative estimate of drug-likeness (QED) is 0.862. The summed E-state index contributed by atoms with van der Waals surface area (Å²) in [6.07, 6.45) is 0. The molecular formula is C13H12FNOS. The van der Waals surface area contributed by atoms with E-state index in [9.17, 15) is 9.18 Å². The molecule has 1 heterocycles. The molecule has 0 bridgehead atoms. The van der Waals surface area contributed by atoms with Crippen molar-refractivity contribution in [3.63, 3.8) is 0 Å². The van der Waals surface area contributed by atoms with Gasteiger partial charge in [-0.25, -0.2) is 4.39 Å². The van der Waals surface area contributed by atoms with E-state index in [1.54, 1.807) is 18.2 Å². The molecule has 0 saturated carbocycles. The van der Waals surface area contributed by atoms with Crippen LogP contribution in [0.25, 0.3) is 0 Å². The Morgan fingerprint density at radius 2 is 2.00 bits per heavy atom. The molecule has 0 atom stereocenters. The van der Waals surface area contributed by atoms with E-state index in [-0.39, 0.29) is 11.6 Å².